The molecule has 1 heterocycles. The fraction of sp³-hybridized carbons (Fsp3) is 0.0588. The summed E-state index contributed by atoms with van der Waals surface area (Å²) in [6, 6.07) is 14.5. The smallest absolute Gasteiger partial charge is 0.196 e. The number of hydrogen-bond acceptors (Lipinski definition) is 3. The van der Waals surface area contributed by atoms with Crippen LogP contribution in [0.2, 0.25) is 0 Å². The van der Waals surface area contributed by atoms with Crippen LogP contribution in [0.3, 0.4) is 0 Å². The van der Waals surface area contributed by atoms with Crippen LogP contribution in [0, 0.1) is 5.82 Å². The predicted octanol–water partition coefficient (Wildman–Crippen LogP) is 4.62. The van der Waals surface area contributed by atoms with Crippen molar-refractivity contribution in [1.29, 1.82) is 0 Å². The Labute approximate surface area is 135 Å². The second kappa shape index (κ2) is 6.66. The quantitative estimate of drug-likeness (QED) is 0.638. The normalized spacial score (nSPS) is 10.5. The lowest BCUT2D eigenvalue weighted by molar-refractivity contribution is 0.290. The first-order valence-electron chi connectivity index (χ1n) is 6.66. The standard InChI is InChI=1S/C17H12BrFN2O/c18-17-20-9-14(10-21-17)13-6-7-16(15(19)8-13)22-11-12-4-2-1-3-5-12/h1-10H,11H2. The summed E-state index contributed by atoms with van der Waals surface area (Å²) < 4.78 is 20.2. The maximum Gasteiger partial charge on any atom is 0.196 e. The van der Waals surface area contributed by atoms with Gasteiger partial charge in [-0.3, -0.25) is 0 Å². The molecule has 0 unspecified atom stereocenters. The number of ether oxygens (including phenoxy) is 1. The van der Waals surface area contributed by atoms with E-state index in [0.29, 0.717) is 16.9 Å². The van der Waals surface area contributed by atoms with Crippen molar-refractivity contribution in [2.75, 3.05) is 0 Å². The number of aromatic nitrogens is 2. The third-order valence-electron chi connectivity index (χ3n) is 3.12. The van der Waals surface area contributed by atoms with E-state index in [-0.39, 0.29) is 5.75 Å². The molecule has 0 N–H and O–H groups in total. The van der Waals surface area contributed by atoms with E-state index in [1.54, 1.807) is 24.5 Å². The molecule has 0 bridgehead atoms. The summed E-state index contributed by atoms with van der Waals surface area (Å²) in [6.07, 6.45) is 3.27. The van der Waals surface area contributed by atoms with Gasteiger partial charge in [0.2, 0.25) is 0 Å². The van der Waals surface area contributed by atoms with E-state index >= 15 is 0 Å². The molecule has 3 rings (SSSR count). The highest BCUT2D eigenvalue weighted by Crippen LogP contribution is 2.25. The van der Waals surface area contributed by atoms with Gasteiger partial charge in [0.15, 0.2) is 16.3 Å². The first-order chi connectivity index (χ1) is 10.7. The molecule has 0 aliphatic heterocycles. The SMILES string of the molecule is Fc1cc(-c2cnc(Br)nc2)ccc1OCc1ccccc1. The molecule has 1 aromatic heterocycles. The van der Waals surface area contributed by atoms with Gasteiger partial charge in [-0.05, 0) is 39.2 Å². The molecular formula is C17H12BrFN2O. The molecule has 2 aromatic carbocycles. The lowest BCUT2D eigenvalue weighted by Crippen LogP contribution is -1.97. The monoisotopic (exact) mass is 358 g/mol. The van der Waals surface area contributed by atoms with Crippen molar-refractivity contribution in [2.45, 2.75) is 6.61 Å². The molecule has 0 aliphatic carbocycles. The molecule has 0 amide bonds. The molecule has 5 heteroatoms. The van der Waals surface area contributed by atoms with Gasteiger partial charge in [0.05, 0.1) is 0 Å². The lowest BCUT2D eigenvalue weighted by atomic mass is 10.1. The largest absolute Gasteiger partial charge is 0.486 e. The maximum absolute atomic E-state index is 14.1. The summed E-state index contributed by atoms with van der Waals surface area (Å²) in [5.74, 6) is -0.179. The van der Waals surface area contributed by atoms with Crippen molar-refractivity contribution in [2.24, 2.45) is 0 Å². The number of hydrogen-bond donors (Lipinski definition) is 0. The number of rotatable bonds is 4. The van der Waals surface area contributed by atoms with Gasteiger partial charge in [0, 0.05) is 18.0 Å². The van der Waals surface area contributed by atoms with E-state index in [1.807, 2.05) is 30.3 Å². The third kappa shape index (κ3) is 3.49. The number of nitrogens with zero attached hydrogens (tertiary/aromatic N) is 2. The Hall–Kier alpha value is -2.27. The zero-order valence-corrected chi connectivity index (χ0v) is 13.1. The Balaban J connectivity index is 1.76. The second-order valence-corrected chi connectivity index (χ2v) is 5.37. The molecule has 0 radical (unpaired) electrons. The Bertz CT molecular complexity index is 763. The molecule has 0 spiro atoms. The zero-order chi connectivity index (χ0) is 15.4. The van der Waals surface area contributed by atoms with E-state index in [1.165, 1.54) is 6.07 Å². The third-order valence-corrected chi connectivity index (χ3v) is 3.53. The Morgan fingerprint density at radius 3 is 2.36 bits per heavy atom. The maximum atomic E-state index is 14.1. The van der Waals surface area contributed by atoms with Gasteiger partial charge in [-0.1, -0.05) is 36.4 Å². The molecule has 3 nitrogen and oxygen atoms in total. The van der Waals surface area contributed by atoms with Gasteiger partial charge < -0.3 is 4.74 Å². The van der Waals surface area contributed by atoms with Crippen LogP contribution in [0.5, 0.6) is 5.75 Å². The lowest BCUT2D eigenvalue weighted by Gasteiger charge is -2.09. The molecule has 110 valence electrons. The molecule has 22 heavy (non-hydrogen) atoms. The first kappa shape index (κ1) is 14.7. The van der Waals surface area contributed by atoms with Crippen LogP contribution in [0.15, 0.2) is 65.7 Å². The van der Waals surface area contributed by atoms with E-state index < -0.39 is 5.82 Å². The van der Waals surface area contributed by atoms with Crippen molar-refractivity contribution >= 4 is 15.9 Å². The minimum atomic E-state index is -0.406. The summed E-state index contributed by atoms with van der Waals surface area (Å²) in [7, 11) is 0. The Morgan fingerprint density at radius 1 is 0.955 bits per heavy atom. The topological polar surface area (TPSA) is 35.0 Å². The minimum Gasteiger partial charge on any atom is -0.486 e. The van der Waals surface area contributed by atoms with Gasteiger partial charge in [0.1, 0.15) is 6.61 Å². The van der Waals surface area contributed by atoms with Crippen LogP contribution in [-0.2, 0) is 6.61 Å². The van der Waals surface area contributed by atoms with Crippen LogP contribution in [-0.4, -0.2) is 9.97 Å². The van der Waals surface area contributed by atoms with Crippen molar-refractivity contribution in [3.8, 4) is 16.9 Å². The van der Waals surface area contributed by atoms with Gasteiger partial charge in [-0.25, -0.2) is 14.4 Å². The van der Waals surface area contributed by atoms with Gasteiger partial charge in [-0.15, -0.1) is 0 Å². The van der Waals surface area contributed by atoms with Crippen LogP contribution in [0.1, 0.15) is 5.56 Å². The van der Waals surface area contributed by atoms with Crippen molar-refractivity contribution in [3.63, 3.8) is 0 Å². The molecule has 0 saturated carbocycles. The van der Waals surface area contributed by atoms with Crippen molar-refractivity contribution in [3.05, 3.63) is 77.0 Å². The molecule has 3 aromatic rings. The summed E-state index contributed by atoms with van der Waals surface area (Å²) in [4.78, 5) is 8.07. The summed E-state index contributed by atoms with van der Waals surface area (Å²) in [6.45, 7) is 0.332. The van der Waals surface area contributed by atoms with E-state index in [9.17, 15) is 4.39 Å². The average molecular weight is 359 g/mol. The number of halogens is 2. The van der Waals surface area contributed by atoms with Crippen LogP contribution in [0.25, 0.3) is 11.1 Å². The average Bonchev–Trinajstić information content (AvgIpc) is 2.55. The van der Waals surface area contributed by atoms with E-state index in [0.717, 1.165) is 11.1 Å². The fourth-order valence-electron chi connectivity index (χ4n) is 1.99. The summed E-state index contributed by atoms with van der Waals surface area (Å²) in [5, 5.41) is 0. The van der Waals surface area contributed by atoms with Crippen LogP contribution >= 0.6 is 15.9 Å². The highest BCUT2D eigenvalue weighted by Gasteiger charge is 2.07. The predicted molar refractivity (Wildman–Crippen MR) is 85.9 cm³/mol. The highest BCUT2D eigenvalue weighted by molar-refractivity contribution is 9.10. The number of benzene rings is 2. The summed E-state index contributed by atoms with van der Waals surface area (Å²) in [5.41, 5.74) is 2.45. The Morgan fingerprint density at radius 2 is 1.68 bits per heavy atom. The van der Waals surface area contributed by atoms with Gasteiger partial charge >= 0.3 is 0 Å². The van der Waals surface area contributed by atoms with E-state index in [2.05, 4.69) is 25.9 Å². The molecular weight excluding hydrogens is 347 g/mol. The molecule has 0 saturated heterocycles. The molecule has 0 atom stereocenters. The van der Waals surface area contributed by atoms with Crippen LogP contribution < -0.4 is 4.74 Å². The summed E-state index contributed by atoms with van der Waals surface area (Å²) >= 11 is 3.17. The highest BCUT2D eigenvalue weighted by atomic mass is 79.9. The van der Waals surface area contributed by atoms with Crippen LogP contribution in [0.4, 0.5) is 4.39 Å². The minimum absolute atomic E-state index is 0.227. The van der Waals surface area contributed by atoms with Gasteiger partial charge in [0.25, 0.3) is 0 Å². The zero-order valence-electron chi connectivity index (χ0n) is 11.5. The van der Waals surface area contributed by atoms with Gasteiger partial charge in [-0.2, -0.15) is 0 Å². The molecule has 0 fully saturated rings. The molecule has 0 aliphatic rings. The van der Waals surface area contributed by atoms with Crippen molar-refractivity contribution < 1.29 is 9.13 Å². The van der Waals surface area contributed by atoms with E-state index in [4.69, 9.17) is 4.74 Å². The fourth-order valence-corrected chi connectivity index (χ4v) is 2.20. The first-order valence-corrected chi connectivity index (χ1v) is 7.46. The Kier molecular flexibility index (Phi) is 4.44. The second-order valence-electron chi connectivity index (χ2n) is 4.66. The van der Waals surface area contributed by atoms with Crippen molar-refractivity contribution in [1.82, 2.24) is 9.97 Å².